The smallest absolute Gasteiger partial charge is 0.0700 e. The molecular formula is C8H20N2O. The Hall–Kier alpha value is -0.120. The number of methoxy groups -OCH3 is 1. The number of hydrogen-bond donors (Lipinski definition) is 2. The molecule has 3 heteroatoms. The minimum absolute atomic E-state index is 0.220. The van der Waals surface area contributed by atoms with Crippen molar-refractivity contribution in [2.24, 2.45) is 16.9 Å². The van der Waals surface area contributed by atoms with Crippen molar-refractivity contribution in [2.75, 3.05) is 7.11 Å². The summed E-state index contributed by atoms with van der Waals surface area (Å²) < 4.78 is 5.30. The topological polar surface area (TPSA) is 61.3 Å². The second-order valence-corrected chi connectivity index (χ2v) is 3.96. The number of ether oxygens (including phenoxy) is 1. The first-order chi connectivity index (χ1) is 4.75. The number of nitrogens with two attached hydrogens (primary N) is 2. The van der Waals surface area contributed by atoms with Crippen LogP contribution in [0.1, 0.15) is 27.7 Å². The lowest BCUT2D eigenvalue weighted by Crippen LogP contribution is -2.56. The SMILES string of the molecule is COC(C)(C)C(C)(C)C(N)N. The number of rotatable bonds is 3. The van der Waals surface area contributed by atoms with Gasteiger partial charge in [-0.25, -0.2) is 0 Å². The van der Waals surface area contributed by atoms with Crippen LogP contribution < -0.4 is 11.5 Å². The lowest BCUT2D eigenvalue weighted by atomic mass is 9.75. The van der Waals surface area contributed by atoms with Gasteiger partial charge in [-0.2, -0.15) is 0 Å². The molecule has 0 unspecified atom stereocenters. The van der Waals surface area contributed by atoms with Crippen LogP contribution in [0.5, 0.6) is 0 Å². The molecule has 0 spiro atoms. The van der Waals surface area contributed by atoms with E-state index in [-0.39, 0.29) is 17.2 Å². The monoisotopic (exact) mass is 160 g/mol. The summed E-state index contributed by atoms with van der Waals surface area (Å²) in [5, 5.41) is 0. The van der Waals surface area contributed by atoms with E-state index in [1.807, 2.05) is 27.7 Å². The Kier molecular flexibility index (Phi) is 3.06. The van der Waals surface area contributed by atoms with E-state index in [0.717, 1.165) is 0 Å². The first kappa shape index (κ1) is 10.9. The van der Waals surface area contributed by atoms with Gasteiger partial charge in [-0.15, -0.1) is 0 Å². The summed E-state index contributed by atoms with van der Waals surface area (Å²) in [4.78, 5) is 0. The second kappa shape index (κ2) is 3.09. The molecule has 0 aliphatic heterocycles. The minimum Gasteiger partial charge on any atom is -0.378 e. The molecule has 0 amide bonds. The Bertz CT molecular complexity index is 130. The summed E-state index contributed by atoms with van der Waals surface area (Å²) in [6.45, 7) is 7.97. The van der Waals surface area contributed by atoms with Crippen molar-refractivity contribution in [1.29, 1.82) is 0 Å². The Morgan fingerprint density at radius 2 is 1.45 bits per heavy atom. The van der Waals surface area contributed by atoms with Gasteiger partial charge in [-0.1, -0.05) is 13.8 Å². The predicted octanol–water partition coefficient (Wildman–Crippen LogP) is 0.681. The zero-order valence-electron chi connectivity index (χ0n) is 8.14. The van der Waals surface area contributed by atoms with Crippen LogP contribution in [0, 0.1) is 5.41 Å². The van der Waals surface area contributed by atoms with E-state index in [9.17, 15) is 0 Å². The maximum Gasteiger partial charge on any atom is 0.0700 e. The normalized spacial score (nSPS) is 14.2. The van der Waals surface area contributed by atoms with E-state index in [2.05, 4.69) is 0 Å². The van der Waals surface area contributed by atoms with Gasteiger partial charge in [0.15, 0.2) is 0 Å². The van der Waals surface area contributed by atoms with Gasteiger partial charge in [0.2, 0.25) is 0 Å². The molecule has 0 atom stereocenters. The third-order valence-corrected chi connectivity index (χ3v) is 2.90. The average Bonchev–Trinajstić information content (AvgIpc) is 1.87. The number of hydrogen-bond acceptors (Lipinski definition) is 3. The average molecular weight is 160 g/mol. The maximum atomic E-state index is 5.63. The van der Waals surface area contributed by atoms with Gasteiger partial charge < -0.3 is 16.2 Å². The Balaban J connectivity index is 4.53. The quantitative estimate of drug-likeness (QED) is 0.597. The molecule has 0 fully saturated rings. The van der Waals surface area contributed by atoms with Crippen LogP contribution in [0.4, 0.5) is 0 Å². The second-order valence-electron chi connectivity index (χ2n) is 3.96. The van der Waals surface area contributed by atoms with Crippen molar-refractivity contribution in [1.82, 2.24) is 0 Å². The predicted molar refractivity (Wildman–Crippen MR) is 47.0 cm³/mol. The summed E-state index contributed by atoms with van der Waals surface area (Å²) in [5.74, 6) is 0. The van der Waals surface area contributed by atoms with Crippen molar-refractivity contribution in [2.45, 2.75) is 39.5 Å². The Labute approximate surface area is 69.1 Å². The standard InChI is InChI=1S/C8H20N2O/c1-7(2,6(9)10)8(3,4)11-5/h6H,9-10H2,1-5H3. The van der Waals surface area contributed by atoms with E-state index in [4.69, 9.17) is 16.2 Å². The third-order valence-electron chi connectivity index (χ3n) is 2.90. The molecule has 0 saturated carbocycles. The van der Waals surface area contributed by atoms with E-state index in [1.54, 1.807) is 7.11 Å². The van der Waals surface area contributed by atoms with Gasteiger partial charge in [-0.3, -0.25) is 0 Å². The molecule has 0 aliphatic rings. The zero-order chi connectivity index (χ0) is 9.28. The van der Waals surface area contributed by atoms with Crippen molar-refractivity contribution in [3.8, 4) is 0 Å². The molecule has 0 heterocycles. The van der Waals surface area contributed by atoms with Crippen LogP contribution in [-0.2, 0) is 4.74 Å². The molecule has 68 valence electrons. The van der Waals surface area contributed by atoms with Gasteiger partial charge in [0.05, 0.1) is 11.8 Å². The molecule has 0 aliphatic carbocycles. The summed E-state index contributed by atoms with van der Waals surface area (Å²) in [7, 11) is 1.67. The molecule has 0 aromatic rings. The zero-order valence-corrected chi connectivity index (χ0v) is 8.14. The molecule has 4 N–H and O–H groups in total. The van der Waals surface area contributed by atoms with Crippen LogP contribution in [0.3, 0.4) is 0 Å². The summed E-state index contributed by atoms with van der Waals surface area (Å²) in [6.07, 6.45) is -0.363. The lowest BCUT2D eigenvalue weighted by molar-refractivity contribution is -0.0810. The van der Waals surface area contributed by atoms with Gasteiger partial charge in [-0.05, 0) is 13.8 Å². The fourth-order valence-electron chi connectivity index (χ4n) is 0.664. The van der Waals surface area contributed by atoms with Crippen LogP contribution in [0.2, 0.25) is 0 Å². The Morgan fingerprint density at radius 3 is 1.55 bits per heavy atom. The van der Waals surface area contributed by atoms with Crippen LogP contribution in [-0.4, -0.2) is 18.9 Å². The summed E-state index contributed by atoms with van der Waals surface area (Å²) in [6, 6.07) is 0. The third kappa shape index (κ3) is 1.92. The molecule has 0 radical (unpaired) electrons. The van der Waals surface area contributed by atoms with Crippen LogP contribution in [0.25, 0.3) is 0 Å². The molecule has 0 aromatic carbocycles. The highest BCUT2D eigenvalue weighted by molar-refractivity contribution is 4.92. The highest BCUT2D eigenvalue weighted by Crippen LogP contribution is 2.33. The summed E-state index contributed by atoms with van der Waals surface area (Å²) in [5.41, 5.74) is 10.7. The minimum atomic E-state index is -0.363. The molecule has 0 bridgehead atoms. The molecule has 0 aromatic heterocycles. The van der Waals surface area contributed by atoms with E-state index < -0.39 is 0 Å². The van der Waals surface area contributed by atoms with Crippen molar-refractivity contribution in [3.05, 3.63) is 0 Å². The Morgan fingerprint density at radius 1 is 1.09 bits per heavy atom. The molecule has 0 rings (SSSR count). The van der Waals surface area contributed by atoms with Crippen molar-refractivity contribution >= 4 is 0 Å². The molecule has 11 heavy (non-hydrogen) atoms. The van der Waals surface area contributed by atoms with Gasteiger partial charge in [0.25, 0.3) is 0 Å². The molecule has 3 nitrogen and oxygen atoms in total. The van der Waals surface area contributed by atoms with Gasteiger partial charge >= 0.3 is 0 Å². The van der Waals surface area contributed by atoms with E-state index in [0.29, 0.717) is 0 Å². The molecular weight excluding hydrogens is 140 g/mol. The van der Waals surface area contributed by atoms with Crippen LogP contribution >= 0.6 is 0 Å². The maximum absolute atomic E-state index is 5.63. The summed E-state index contributed by atoms with van der Waals surface area (Å²) >= 11 is 0. The van der Waals surface area contributed by atoms with Crippen molar-refractivity contribution < 1.29 is 4.74 Å². The highest BCUT2D eigenvalue weighted by atomic mass is 16.5. The van der Waals surface area contributed by atoms with E-state index in [1.165, 1.54) is 0 Å². The molecule has 0 saturated heterocycles. The van der Waals surface area contributed by atoms with E-state index >= 15 is 0 Å². The fraction of sp³-hybridized carbons (Fsp3) is 1.00. The van der Waals surface area contributed by atoms with Crippen molar-refractivity contribution in [3.63, 3.8) is 0 Å². The first-order valence-corrected chi connectivity index (χ1v) is 3.82. The first-order valence-electron chi connectivity index (χ1n) is 3.82. The van der Waals surface area contributed by atoms with Crippen LogP contribution in [0.15, 0.2) is 0 Å². The lowest BCUT2D eigenvalue weighted by Gasteiger charge is -2.42. The highest BCUT2D eigenvalue weighted by Gasteiger charge is 2.40. The largest absolute Gasteiger partial charge is 0.378 e. The fourth-order valence-corrected chi connectivity index (χ4v) is 0.664. The van der Waals surface area contributed by atoms with Gasteiger partial charge in [0, 0.05) is 12.5 Å². The van der Waals surface area contributed by atoms with Gasteiger partial charge in [0.1, 0.15) is 0 Å².